The second-order valence-electron chi connectivity index (χ2n) is 5.22. The molecule has 0 fully saturated rings. The molecule has 0 aliphatic heterocycles. The molecule has 0 aromatic heterocycles. The lowest BCUT2D eigenvalue weighted by Crippen LogP contribution is -2.45. The van der Waals surface area contributed by atoms with Gasteiger partial charge in [0.15, 0.2) is 0 Å². The van der Waals surface area contributed by atoms with Crippen LogP contribution in [0, 0.1) is 5.92 Å². The molecule has 0 saturated heterocycles. The van der Waals surface area contributed by atoms with Crippen LogP contribution >= 0.6 is 0 Å². The quantitative estimate of drug-likeness (QED) is 0.689. The van der Waals surface area contributed by atoms with Crippen molar-refractivity contribution < 1.29 is 9.59 Å². The lowest BCUT2D eigenvalue weighted by Gasteiger charge is -2.14. The van der Waals surface area contributed by atoms with E-state index in [0.29, 0.717) is 18.9 Å². The normalized spacial score (nSPS) is 12.0. The van der Waals surface area contributed by atoms with Gasteiger partial charge in [0.25, 0.3) is 0 Å². The minimum Gasteiger partial charge on any atom is -0.350 e. The summed E-state index contributed by atoms with van der Waals surface area (Å²) in [5, 5.41) is 5.29. The van der Waals surface area contributed by atoms with Crippen LogP contribution in [-0.4, -0.2) is 24.4 Å². The fourth-order valence-electron chi connectivity index (χ4n) is 1.77. The fourth-order valence-corrected chi connectivity index (χ4v) is 1.77. The topological polar surface area (TPSA) is 84.2 Å². The third-order valence-electron chi connectivity index (χ3n) is 2.82. The van der Waals surface area contributed by atoms with E-state index < -0.39 is 6.04 Å². The molecule has 4 N–H and O–H groups in total. The molecule has 0 spiro atoms. The van der Waals surface area contributed by atoms with Crippen LogP contribution in [0.25, 0.3) is 0 Å². The fraction of sp³-hybridized carbons (Fsp3) is 0.467. The maximum absolute atomic E-state index is 11.6. The second kappa shape index (κ2) is 8.32. The Labute approximate surface area is 119 Å². The van der Waals surface area contributed by atoms with E-state index in [0.717, 1.165) is 5.56 Å². The Morgan fingerprint density at radius 1 is 1.15 bits per heavy atom. The zero-order chi connectivity index (χ0) is 15.0. The Kier molecular flexibility index (Phi) is 6.73. The molecule has 0 radical (unpaired) electrons. The van der Waals surface area contributed by atoms with Crippen molar-refractivity contribution in [2.24, 2.45) is 11.7 Å². The van der Waals surface area contributed by atoms with Gasteiger partial charge in [0, 0.05) is 6.54 Å². The third kappa shape index (κ3) is 6.33. The van der Waals surface area contributed by atoms with Crippen LogP contribution < -0.4 is 16.4 Å². The van der Waals surface area contributed by atoms with E-state index in [-0.39, 0.29) is 18.4 Å². The van der Waals surface area contributed by atoms with E-state index in [1.807, 2.05) is 44.2 Å². The number of benzene rings is 1. The summed E-state index contributed by atoms with van der Waals surface area (Å²) in [7, 11) is 0. The molecule has 5 heteroatoms. The van der Waals surface area contributed by atoms with E-state index in [2.05, 4.69) is 10.6 Å². The molecule has 1 rings (SSSR count). The van der Waals surface area contributed by atoms with Crippen molar-refractivity contribution in [3.63, 3.8) is 0 Å². The summed E-state index contributed by atoms with van der Waals surface area (Å²) in [6, 6.07) is 9.04. The van der Waals surface area contributed by atoms with E-state index in [1.165, 1.54) is 0 Å². The molecule has 5 nitrogen and oxygen atoms in total. The van der Waals surface area contributed by atoms with Crippen LogP contribution in [0.2, 0.25) is 0 Å². The Morgan fingerprint density at radius 3 is 2.40 bits per heavy atom. The molecule has 0 aliphatic carbocycles. The molecular weight excluding hydrogens is 254 g/mol. The number of amides is 2. The van der Waals surface area contributed by atoms with Gasteiger partial charge in [-0.3, -0.25) is 9.59 Å². The zero-order valence-electron chi connectivity index (χ0n) is 12.1. The van der Waals surface area contributed by atoms with Gasteiger partial charge in [-0.1, -0.05) is 44.2 Å². The van der Waals surface area contributed by atoms with Crippen molar-refractivity contribution in [3.8, 4) is 0 Å². The molecule has 1 aromatic carbocycles. The number of nitrogens with two attached hydrogens (primary N) is 1. The van der Waals surface area contributed by atoms with Crippen molar-refractivity contribution in [2.75, 3.05) is 6.54 Å². The first kappa shape index (κ1) is 16.2. The van der Waals surface area contributed by atoms with Crippen LogP contribution in [0.5, 0.6) is 0 Å². The van der Waals surface area contributed by atoms with Gasteiger partial charge < -0.3 is 16.4 Å². The molecule has 0 saturated carbocycles. The molecule has 0 bridgehead atoms. The van der Waals surface area contributed by atoms with Gasteiger partial charge in [-0.05, 0) is 17.9 Å². The summed E-state index contributed by atoms with van der Waals surface area (Å²) in [6.45, 7) is 4.41. The van der Waals surface area contributed by atoms with Gasteiger partial charge in [0.1, 0.15) is 0 Å². The summed E-state index contributed by atoms with van der Waals surface area (Å²) in [4.78, 5) is 23.2. The number of carbonyl (C=O) groups excluding carboxylic acids is 2. The zero-order valence-corrected chi connectivity index (χ0v) is 12.1. The van der Waals surface area contributed by atoms with E-state index in [1.54, 1.807) is 0 Å². The van der Waals surface area contributed by atoms with Crippen molar-refractivity contribution in [1.29, 1.82) is 0 Å². The molecule has 0 heterocycles. The second-order valence-corrected chi connectivity index (χ2v) is 5.22. The highest BCUT2D eigenvalue weighted by Gasteiger charge is 2.15. The van der Waals surface area contributed by atoms with Gasteiger partial charge >= 0.3 is 0 Å². The number of hydrogen-bond donors (Lipinski definition) is 3. The van der Waals surface area contributed by atoms with Gasteiger partial charge in [0.2, 0.25) is 11.8 Å². The highest BCUT2D eigenvalue weighted by molar-refractivity contribution is 5.87. The number of nitrogens with one attached hydrogen (secondary N) is 2. The Balaban J connectivity index is 2.24. The maximum Gasteiger partial charge on any atom is 0.239 e. The maximum atomic E-state index is 11.6. The average Bonchev–Trinajstić information content (AvgIpc) is 2.42. The molecule has 20 heavy (non-hydrogen) atoms. The lowest BCUT2D eigenvalue weighted by atomic mass is 10.0. The minimum absolute atomic E-state index is 0.0442. The van der Waals surface area contributed by atoms with Crippen molar-refractivity contribution >= 4 is 11.8 Å². The van der Waals surface area contributed by atoms with Gasteiger partial charge in [-0.2, -0.15) is 0 Å². The van der Waals surface area contributed by atoms with E-state index in [4.69, 9.17) is 5.73 Å². The predicted molar refractivity (Wildman–Crippen MR) is 78.7 cm³/mol. The largest absolute Gasteiger partial charge is 0.350 e. The van der Waals surface area contributed by atoms with E-state index in [9.17, 15) is 9.59 Å². The monoisotopic (exact) mass is 277 g/mol. The summed E-state index contributed by atoms with van der Waals surface area (Å²) in [6.07, 6.45) is 0.609. The van der Waals surface area contributed by atoms with Crippen LogP contribution in [0.3, 0.4) is 0 Å². The van der Waals surface area contributed by atoms with Gasteiger partial charge in [0.05, 0.1) is 12.6 Å². The predicted octanol–water partition coefficient (Wildman–Crippen LogP) is 0.792. The lowest BCUT2D eigenvalue weighted by molar-refractivity contribution is -0.127. The smallest absolute Gasteiger partial charge is 0.239 e. The van der Waals surface area contributed by atoms with Crippen LogP contribution in [0.4, 0.5) is 0 Å². The first-order valence-electron chi connectivity index (χ1n) is 6.83. The first-order valence-corrected chi connectivity index (χ1v) is 6.83. The van der Waals surface area contributed by atoms with Crippen molar-refractivity contribution in [2.45, 2.75) is 32.9 Å². The molecule has 0 aliphatic rings. The van der Waals surface area contributed by atoms with E-state index >= 15 is 0 Å². The van der Waals surface area contributed by atoms with Crippen LogP contribution in [-0.2, 0) is 16.1 Å². The summed E-state index contributed by atoms with van der Waals surface area (Å²) < 4.78 is 0. The summed E-state index contributed by atoms with van der Waals surface area (Å²) in [5.74, 6) is -0.157. The van der Waals surface area contributed by atoms with Gasteiger partial charge in [-0.15, -0.1) is 0 Å². The molecular formula is C15H23N3O2. The number of carbonyl (C=O) groups is 2. The first-order chi connectivity index (χ1) is 9.49. The molecule has 110 valence electrons. The molecule has 1 atom stereocenters. The van der Waals surface area contributed by atoms with Crippen molar-refractivity contribution in [1.82, 2.24) is 10.6 Å². The number of rotatable bonds is 7. The van der Waals surface area contributed by atoms with Crippen LogP contribution in [0.1, 0.15) is 25.8 Å². The van der Waals surface area contributed by atoms with Crippen LogP contribution in [0.15, 0.2) is 30.3 Å². The molecule has 2 amide bonds. The highest BCUT2D eigenvalue weighted by atomic mass is 16.2. The summed E-state index contributed by atoms with van der Waals surface area (Å²) in [5.41, 5.74) is 6.74. The third-order valence-corrected chi connectivity index (χ3v) is 2.82. The Hall–Kier alpha value is -1.88. The highest BCUT2D eigenvalue weighted by Crippen LogP contribution is 2.02. The number of hydrogen-bond acceptors (Lipinski definition) is 3. The Bertz CT molecular complexity index is 432. The average molecular weight is 277 g/mol. The summed E-state index contributed by atoms with van der Waals surface area (Å²) >= 11 is 0. The SMILES string of the molecule is CC(C)CC(N)C(=O)NCC(=O)NCc1ccccc1. The molecule has 1 unspecified atom stereocenters. The molecule has 1 aromatic rings. The standard InChI is InChI=1S/C15H23N3O2/c1-11(2)8-13(16)15(20)18-10-14(19)17-9-12-6-4-3-5-7-12/h3-7,11,13H,8-10,16H2,1-2H3,(H,17,19)(H,18,20). The van der Waals surface area contributed by atoms with Gasteiger partial charge in [-0.25, -0.2) is 0 Å². The minimum atomic E-state index is -0.558. The Morgan fingerprint density at radius 2 is 1.80 bits per heavy atom. The van der Waals surface area contributed by atoms with Crippen molar-refractivity contribution in [3.05, 3.63) is 35.9 Å².